The zero-order valence-corrected chi connectivity index (χ0v) is 10.2. The van der Waals surface area contributed by atoms with Gasteiger partial charge < -0.3 is 0 Å². The summed E-state index contributed by atoms with van der Waals surface area (Å²) < 4.78 is 1.93. The van der Waals surface area contributed by atoms with Gasteiger partial charge in [0.15, 0.2) is 15.8 Å². The smallest absolute Gasteiger partial charge is 0.177 e. The lowest BCUT2D eigenvalue weighted by Gasteiger charge is -2.13. The Balaban J connectivity index is 2.59. The quantitative estimate of drug-likeness (QED) is 0.604. The minimum absolute atomic E-state index is 0.721. The van der Waals surface area contributed by atoms with E-state index in [-0.39, 0.29) is 0 Å². The molecule has 0 spiro atoms. The summed E-state index contributed by atoms with van der Waals surface area (Å²) in [5, 5.41) is 1.60. The molecule has 0 saturated heterocycles. The van der Waals surface area contributed by atoms with E-state index >= 15 is 0 Å². The van der Waals surface area contributed by atoms with Crippen LogP contribution >= 0.6 is 23.1 Å². The van der Waals surface area contributed by atoms with Crippen LogP contribution in [0.2, 0.25) is 0 Å². The Morgan fingerprint density at radius 3 is 2.93 bits per heavy atom. The van der Waals surface area contributed by atoms with Crippen molar-refractivity contribution in [3.63, 3.8) is 0 Å². The number of nitrogens with zero attached hydrogens (tertiary/aromatic N) is 4. The van der Waals surface area contributed by atoms with Crippen molar-refractivity contribution in [3.05, 3.63) is 6.33 Å². The van der Waals surface area contributed by atoms with Gasteiger partial charge in [-0.05, 0) is 6.26 Å². The second kappa shape index (κ2) is 4.30. The van der Waals surface area contributed by atoms with Crippen molar-refractivity contribution < 1.29 is 4.84 Å². The topological polar surface area (TPSA) is 51.1 Å². The number of thioether (sulfide) groups is 1. The van der Waals surface area contributed by atoms with Gasteiger partial charge in [-0.3, -0.25) is 4.84 Å². The highest BCUT2D eigenvalue weighted by Crippen LogP contribution is 2.32. The summed E-state index contributed by atoms with van der Waals surface area (Å²) in [7, 11) is 3.41. The Morgan fingerprint density at radius 2 is 2.27 bits per heavy atom. The van der Waals surface area contributed by atoms with Crippen molar-refractivity contribution in [2.24, 2.45) is 0 Å². The molecule has 0 radical (unpaired) electrons. The van der Waals surface area contributed by atoms with Gasteiger partial charge in [0.1, 0.15) is 11.0 Å². The molecule has 2 heterocycles. The molecule has 0 bridgehead atoms. The lowest BCUT2D eigenvalue weighted by Crippen LogP contribution is -2.16. The molecular formula is C8H10N4OS2. The monoisotopic (exact) mass is 242 g/mol. The van der Waals surface area contributed by atoms with E-state index < -0.39 is 0 Å². The van der Waals surface area contributed by atoms with Crippen LogP contribution in [0.15, 0.2) is 10.7 Å². The van der Waals surface area contributed by atoms with Crippen molar-refractivity contribution in [3.8, 4) is 0 Å². The number of rotatable bonds is 3. The summed E-state index contributed by atoms with van der Waals surface area (Å²) in [6, 6.07) is 0. The van der Waals surface area contributed by atoms with Gasteiger partial charge in [-0.1, -0.05) is 11.8 Å². The number of thiazole rings is 1. The Morgan fingerprint density at radius 1 is 1.47 bits per heavy atom. The fourth-order valence-electron chi connectivity index (χ4n) is 1.12. The van der Waals surface area contributed by atoms with Crippen molar-refractivity contribution in [1.29, 1.82) is 0 Å². The van der Waals surface area contributed by atoms with E-state index in [2.05, 4.69) is 15.0 Å². The summed E-state index contributed by atoms with van der Waals surface area (Å²) in [5.74, 6) is 0.750. The highest BCUT2D eigenvalue weighted by Gasteiger charge is 2.12. The third kappa shape index (κ3) is 1.90. The predicted molar refractivity (Wildman–Crippen MR) is 62.4 cm³/mol. The standard InChI is InChI=1S/C8H10N4OS2/c1-12(13-2)7-5-6(9-4-10-7)11-8(14-3)15-5/h4H,1-3H3. The molecule has 0 aliphatic rings. The molecule has 0 aromatic carbocycles. The average Bonchev–Trinajstić information content (AvgIpc) is 2.70. The molecule has 80 valence electrons. The van der Waals surface area contributed by atoms with E-state index in [0.717, 1.165) is 20.5 Å². The second-order valence-electron chi connectivity index (χ2n) is 2.71. The summed E-state index contributed by atoms with van der Waals surface area (Å²) in [6.07, 6.45) is 3.49. The fraction of sp³-hybridized carbons (Fsp3) is 0.375. The van der Waals surface area contributed by atoms with Gasteiger partial charge in [-0.2, -0.15) is 0 Å². The van der Waals surface area contributed by atoms with E-state index in [0.29, 0.717) is 0 Å². The van der Waals surface area contributed by atoms with Gasteiger partial charge in [0.2, 0.25) is 0 Å². The van der Waals surface area contributed by atoms with Gasteiger partial charge in [-0.25, -0.2) is 20.0 Å². The number of hydrogen-bond acceptors (Lipinski definition) is 7. The van der Waals surface area contributed by atoms with Gasteiger partial charge in [-0.15, -0.1) is 11.3 Å². The van der Waals surface area contributed by atoms with Gasteiger partial charge in [0.25, 0.3) is 0 Å². The summed E-state index contributed by atoms with van der Waals surface area (Å²) >= 11 is 3.18. The largest absolute Gasteiger partial charge is 0.276 e. The second-order valence-corrected chi connectivity index (χ2v) is 4.77. The van der Waals surface area contributed by atoms with Crippen molar-refractivity contribution in [1.82, 2.24) is 15.0 Å². The third-order valence-corrected chi connectivity index (χ3v) is 3.93. The van der Waals surface area contributed by atoms with Gasteiger partial charge in [0.05, 0.1) is 7.11 Å². The Labute approximate surface area is 95.5 Å². The molecule has 2 aromatic rings. The molecule has 5 nitrogen and oxygen atoms in total. The molecule has 0 atom stereocenters. The van der Waals surface area contributed by atoms with Crippen LogP contribution in [0.5, 0.6) is 0 Å². The third-order valence-electron chi connectivity index (χ3n) is 1.90. The number of hydroxylamine groups is 1. The van der Waals surface area contributed by atoms with Crippen LogP contribution in [0.1, 0.15) is 0 Å². The van der Waals surface area contributed by atoms with Crippen molar-refractivity contribution in [2.45, 2.75) is 4.34 Å². The van der Waals surface area contributed by atoms with Crippen LogP contribution in [0.3, 0.4) is 0 Å². The van der Waals surface area contributed by atoms with Crippen molar-refractivity contribution in [2.75, 3.05) is 25.5 Å². The molecular weight excluding hydrogens is 232 g/mol. The first-order valence-corrected chi connectivity index (χ1v) is 6.23. The summed E-state index contributed by atoms with van der Waals surface area (Å²) in [5.41, 5.74) is 0.721. The molecule has 0 amide bonds. The molecule has 0 fully saturated rings. The normalized spacial score (nSPS) is 10.9. The van der Waals surface area contributed by atoms with Crippen molar-refractivity contribution >= 4 is 39.3 Å². The molecule has 15 heavy (non-hydrogen) atoms. The van der Waals surface area contributed by atoms with Crippen LogP contribution in [-0.2, 0) is 4.84 Å². The first-order chi connectivity index (χ1) is 7.26. The number of hydrogen-bond donors (Lipinski definition) is 0. The highest BCUT2D eigenvalue weighted by molar-refractivity contribution is 8.00. The highest BCUT2D eigenvalue weighted by atomic mass is 32.2. The first kappa shape index (κ1) is 10.6. The summed E-state index contributed by atoms with van der Waals surface area (Å²) in [6.45, 7) is 0. The van der Waals surface area contributed by atoms with Crippen LogP contribution in [-0.4, -0.2) is 35.4 Å². The molecule has 0 unspecified atom stereocenters. The fourth-order valence-corrected chi connectivity index (χ4v) is 2.65. The van der Waals surface area contributed by atoms with Gasteiger partial charge in [0, 0.05) is 7.05 Å². The van der Waals surface area contributed by atoms with E-state index in [9.17, 15) is 0 Å². The SMILES string of the molecule is CON(C)c1ncnc2nc(SC)sc12. The lowest BCUT2D eigenvalue weighted by molar-refractivity contribution is 0.183. The molecule has 0 saturated carbocycles. The molecule has 7 heteroatoms. The lowest BCUT2D eigenvalue weighted by atomic mass is 10.5. The van der Waals surface area contributed by atoms with E-state index in [1.165, 1.54) is 6.33 Å². The van der Waals surface area contributed by atoms with E-state index in [1.54, 1.807) is 42.3 Å². The minimum atomic E-state index is 0.721. The predicted octanol–water partition coefficient (Wildman–Crippen LogP) is 1.81. The maximum Gasteiger partial charge on any atom is 0.177 e. The molecule has 0 N–H and O–H groups in total. The minimum Gasteiger partial charge on any atom is -0.276 e. The van der Waals surface area contributed by atoms with Crippen LogP contribution in [0.4, 0.5) is 5.82 Å². The van der Waals surface area contributed by atoms with E-state index in [4.69, 9.17) is 4.84 Å². The summed E-state index contributed by atoms with van der Waals surface area (Å²) in [4.78, 5) is 17.8. The van der Waals surface area contributed by atoms with Crippen LogP contribution in [0.25, 0.3) is 10.3 Å². The Kier molecular flexibility index (Phi) is 3.03. The average molecular weight is 242 g/mol. The number of anilines is 1. The maximum absolute atomic E-state index is 5.10. The number of aromatic nitrogens is 3. The molecule has 2 rings (SSSR count). The molecule has 0 aliphatic carbocycles. The molecule has 2 aromatic heterocycles. The Bertz CT molecular complexity index is 473. The van der Waals surface area contributed by atoms with E-state index in [1.807, 2.05) is 6.26 Å². The zero-order chi connectivity index (χ0) is 10.8. The first-order valence-electron chi connectivity index (χ1n) is 4.19. The van der Waals surface area contributed by atoms with Crippen LogP contribution < -0.4 is 5.06 Å². The Hall–Kier alpha value is -0.920. The number of fused-ring (bicyclic) bond motifs is 1. The molecule has 0 aliphatic heterocycles. The maximum atomic E-state index is 5.10. The zero-order valence-electron chi connectivity index (χ0n) is 8.59. The van der Waals surface area contributed by atoms with Gasteiger partial charge >= 0.3 is 0 Å². The van der Waals surface area contributed by atoms with Crippen LogP contribution in [0, 0.1) is 0 Å².